The zero-order valence-electron chi connectivity index (χ0n) is 16.3. The Bertz CT molecular complexity index is 985. The van der Waals surface area contributed by atoms with E-state index >= 15 is 0 Å². The van der Waals surface area contributed by atoms with Gasteiger partial charge in [-0.3, -0.25) is 4.79 Å². The van der Waals surface area contributed by atoms with Gasteiger partial charge in [0.25, 0.3) is 0 Å². The lowest BCUT2D eigenvalue weighted by Gasteiger charge is -2.37. The van der Waals surface area contributed by atoms with E-state index < -0.39 is 5.41 Å². The predicted octanol–water partition coefficient (Wildman–Crippen LogP) is 3.79. The first-order valence-corrected chi connectivity index (χ1v) is 10.8. The molecule has 7 heteroatoms. The molecule has 0 unspecified atom stereocenters. The maximum atomic E-state index is 13.3. The van der Waals surface area contributed by atoms with Gasteiger partial charge in [-0.05, 0) is 48.6 Å². The van der Waals surface area contributed by atoms with Crippen LogP contribution in [0.15, 0.2) is 52.4 Å². The lowest BCUT2D eigenvalue weighted by Crippen LogP contribution is -2.51. The Morgan fingerprint density at radius 3 is 2.52 bits per heavy atom. The fourth-order valence-corrected chi connectivity index (χ4v) is 4.68. The number of benzene rings is 1. The summed E-state index contributed by atoms with van der Waals surface area (Å²) >= 11 is 1.61. The van der Waals surface area contributed by atoms with Crippen LogP contribution in [0, 0.1) is 0 Å². The molecule has 0 N–H and O–H groups in total. The van der Waals surface area contributed by atoms with Crippen molar-refractivity contribution >= 4 is 22.9 Å². The number of carbonyl (C=O) groups is 1. The molecule has 0 bridgehead atoms. The fraction of sp³-hybridized carbons (Fsp3) is 0.364. The van der Waals surface area contributed by atoms with Gasteiger partial charge >= 0.3 is 0 Å². The molecule has 5 rings (SSSR count). The van der Waals surface area contributed by atoms with E-state index in [9.17, 15) is 4.79 Å². The van der Waals surface area contributed by atoms with Gasteiger partial charge in [-0.15, -0.1) is 11.3 Å². The van der Waals surface area contributed by atoms with Gasteiger partial charge < -0.3 is 19.1 Å². The maximum absolute atomic E-state index is 13.3. The van der Waals surface area contributed by atoms with Crippen molar-refractivity contribution in [3.8, 4) is 16.4 Å². The van der Waals surface area contributed by atoms with Crippen molar-refractivity contribution in [3.63, 3.8) is 0 Å². The summed E-state index contributed by atoms with van der Waals surface area (Å²) in [5, 5.41) is 6.27. The Kier molecular flexibility index (Phi) is 4.54. The summed E-state index contributed by atoms with van der Waals surface area (Å²) in [7, 11) is 1.67. The Morgan fingerprint density at radius 1 is 1.14 bits per heavy atom. The third kappa shape index (κ3) is 3.29. The molecule has 1 aliphatic heterocycles. The molecule has 1 saturated heterocycles. The second kappa shape index (κ2) is 7.22. The van der Waals surface area contributed by atoms with Crippen LogP contribution in [-0.4, -0.2) is 49.3 Å². The number of hydrogen-bond donors (Lipinski definition) is 0. The first-order chi connectivity index (χ1) is 14.2. The topological polar surface area (TPSA) is 58.8 Å². The summed E-state index contributed by atoms with van der Waals surface area (Å²) in [6.45, 7) is 3.10. The molecule has 2 aliphatic rings. The summed E-state index contributed by atoms with van der Waals surface area (Å²) < 4.78 is 10.8. The minimum atomic E-state index is -0.485. The van der Waals surface area contributed by atoms with Crippen LogP contribution in [-0.2, 0) is 10.2 Å². The molecule has 1 aromatic carbocycles. The van der Waals surface area contributed by atoms with E-state index in [4.69, 9.17) is 9.26 Å². The number of thiophene rings is 1. The quantitative estimate of drug-likeness (QED) is 0.642. The Balaban J connectivity index is 1.25. The van der Waals surface area contributed by atoms with Gasteiger partial charge in [0.05, 0.1) is 23.1 Å². The molecule has 3 heterocycles. The SMILES string of the molecule is COc1ccc(N2CCN(C(=O)C3(c4cc(-c5cccs5)on4)CC3)CC2)cc1. The molecule has 6 nitrogen and oxygen atoms in total. The molecule has 0 atom stereocenters. The van der Waals surface area contributed by atoms with Crippen LogP contribution in [0.3, 0.4) is 0 Å². The van der Waals surface area contributed by atoms with E-state index in [0.717, 1.165) is 66.8 Å². The standard InChI is InChI=1S/C22H23N3O3S/c1-27-17-6-4-16(5-7-17)24-10-12-25(13-11-24)21(26)22(8-9-22)20-15-18(28-23-20)19-3-2-14-29-19/h2-7,14-15H,8-13H2,1H3. The van der Waals surface area contributed by atoms with Crippen LogP contribution >= 0.6 is 11.3 Å². The summed E-state index contributed by atoms with van der Waals surface area (Å²) in [5.74, 6) is 1.80. The van der Waals surface area contributed by atoms with Gasteiger partial charge in [0.2, 0.25) is 5.91 Å². The number of carbonyl (C=O) groups excluding carboxylic acids is 1. The average Bonchev–Trinajstić information content (AvgIpc) is 3.18. The molecule has 3 aromatic rings. The number of amides is 1. The van der Waals surface area contributed by atoms with Crippen molar-refractivity contribution in [3.05, 3.63) is 53.5 Å². The van der Waals surface area contributed by atoms with Crippen molar-refractivity contribution in [1.29, 1.82) is 0 Å². The molecular weight excluding hydrogens is 386 g/mol. The van der Waals surface area contributed by atoms with Crippen molar-refractivity contribution in [1.82, 2.24) is 10.1 Å². The number of methoxy groups -OCH3 is 1. The zero-order chi connectivity index (χ0) is 19.8. The minimum absolute atomic E-state index is 0.193. The number of rotatable bonds is 5. The molecule has 1 saturated carbocycles. The van der Waals surface area contributed by atoms with E-state index in [0.29, 0.717) is 0 Å². The first kappa shape index (κ1) is 18.2. The first-order valence-electron chi connectivity index (χ1n) is 9.89. The van der Waals surface area contributed by atoms with Crippen molar-refractivity contribution in [2.24, 2.45) is 0 Å². The Labute approximate surface area is 173 Å². The third-order valence-corrected chi connectivity index (χ3v) is 6.81. The molecule has 1 aliphatic carbocycles. The molecule has 1 amide bonds. The van der Waals surface area contributed by atoms with Crippen LogP contribution in [0.2, 0.25) is 0 Å². The molecule has 2 fully saturated rings. The number of aromatic nitrogens is 1. The second-order valence-corrected chi connectivity index (χ2v) is 8.56. The van der Waals surface area contributed by atoms with Gasteiger partial charge in [0, 0.05) is 37.9 Å². The highest BCUT2D eigenvalue weighted by Gasteiger charge is 2.55. The number of piperazine rings is 1. The monoisotopic (exact) mass is 409 g/mol. The summed E-state index contributed by atoms with van der Waals surface area (Å²) in [4.78, 5) is 18.7. The maximum Gasteiger partial charge on any atom is 0.235 e. The highest BCUT2D eigenvalue weighted by Crippen LogP contribution is 2.50. The largest absolute Gasteiger partial charge is 0.497 e. The number of ether oxygens (including phenoxy) is 1. The van der Waals surface area contributed by atoms with Gasteiger partial charge in [-0.25, -0.2) is 0 Å². The van der Waals surface area contributed by atoms with Crippen LogP contribution in [0.25, 0.3) is 10.6 Å². The highest BCUT2D eigenvalue weighted by molar-refractivity contribution is 7.13. The van der Waals surface area contributed by atoms with E-state index in [-0.39, 0.29) is 5.91 Å². The molecule has 0 radical (unpaired) electrons. The summed E-state index contributed by atoms with van der Waals surface area (Å²) in [5.41, 5.74) is 1.46. The van der Waals surface area contributed by atoms with E-state index in [1.807, 2.05) is 40.6 Å². The van der Waals surface area contributed by atoms with E-state index in [1.165, 1.54) is 0 Å². The van der Waals surface area contributed by atoms with Crippen molar-refractivity contribution < 1.29 is 14.1 Å². The molecule has 2 aromatic heterocycles. The van der Waals surface area contributed by atoms with E-state index in [1.54, 1.807) is 18.4 Å². The molecule has 150 valence electrons. The third-order valence-electron chi connectivity index (χ3n) is 5.93. The summed E-state index contributed by atoms with van der Waals surface area (Å²) in [6.07, 6.45) is 1.70. The molecular formula is C22H23N3O3S. The van der Waals surface area contributed by atoms with E-state index in [2.05, 4.69) is 22.2 Å². The normalized spacial score (nSPS) is 18.0. The Morgan fingerprint density at radius 2 is 1.90 bits per heavy atom. The van der Waals surface area contributed by atoms with Gasteiger partial charge in [-0.1, -0.05) is 11.2 Å². The van der Waals surface area contributed by atoms with Crippen LogP contribution in [0.5, 0.6) is 5.75 Å². The minimum Gasteiger partial charge on any atom is -0.497 e. The number of nitrogens with zero attached hydrogens (tertiary/aromatic N) is 3. The fourth-order valence-electron chi connectivity index (χ4n) is 4.00. The van der Waals surface area contributed by atoms with Crippen LogP contribution in [0.1, 0.15) is 18.5 Å². The predicted molar refractivity (Wildman–Crippen MR) is 113 cm³/mol. The zero-order valence-corrected chi connectivity index (χ0v) is 17.2. The Hall–Kier alpha value is -2.80. The van der Waals surface area contributed by atoms with Crippen molar-refractivity contribution in [2.45, 2.75) is 18.3 Å². The van der Waals surface area contributed by atoms with Gasteiger partial charge in [-0.2, -0.15) is 0 Å². The van der Waals surface area contributed by atoms with Crippen molar-refractivity contribution in [2.75, 3.05) is 38.2 Å². The molecule has 29 heavy (non-hydrogen) atoms. The lowest BCUT2D eigenvalue weighted by molar-refractivity contribution is -0.134. The number of hydrogen-bond acceptors (Lipinski definition) is 6. The van der Waals surface area contributed by atoms with Gasteiger partial charge in [0.1, 0.15) is 5.75 Å². The van der Waals surface area contributed by atoms with Crippen LogP contribution in [0.4, 0.5) is 5.69 Å². The lowest BCUT2D eigenvalue weighted by atomic mass is 9.99. The summed E-state index contributed by atoms with van der Waals surface area (Å²) in [6, 6.07) is 14.0. The molecule has 0 spiro atoms. The average molecular weight is 410 g/mol. The van der Waals surface area contributed by atoms with Gasteiger partial charge in [0.15, 0.2) is 5.76 Å². The number of anilines is 1. The highest BCUT2D eigenvalue weighted by atomic mass is 32.1. The second-order valence-electron chi connectivity index (χ2n) is 7.61. The smallest absolute Gasteiger partial charge is 0.235 e. The van der Waals surface area contributed by atoms with Crippen LogP contribution < -0.4 is 9.64 Å².